The molecule has 1 fully saturated rings. The normalized spacial score (nSPS) is 16.0. The predicted molar refractivity (Wildman–Crippen MR) is 88.7 cm³/mol. The Morgan fingerprint density at radius 1 is 1.48 bits per heavy atom. The first kappa shape index (κ1) is 16.1. The number of amides is 1. The molecule has 5 nitrogen and oxygen atoms in total. The van der Waals surface area contributed by atoms with Crippen LogP contribution in [-0.4, -0.2) is 23.5 Å². The fraction of sp³-hybridized carbons (Fsp3) is 0.733. The third-order valence-electron chi connectivity index (χ3n) is 3.66. The van der Waals surface area contributed by atoms with Crippen molar-refractivity contribution in [3.63, 3.8) is 0 Å². The third-order valence-corrected chi connectivity index (χ3v) is 4.69. The van der Waals surface area contributed by atoms with E-state index in [2.05, 4.69) is 36.4 Å². The second-order valence-electron chi connectivity index (χ2n) is 6.27. The standard InChI is InChI=1S/C15H26N4OS/c1-4-11(7-10-5-6-10)18-14(20)12-13(16)19-15(21-12)17-8-9(2)3/h9-11H,4-8,16H2,1-3H3,(H,17,19)(H,18,20). The predicted octanol–water partition coefficient (Wildman–Crippen LogP) is 3.10. The fourth-order valence-electron chi connectivity index (χ4n) is 2.20. The van der Waals surface area contributed by atoms with Crippen LogP contribution in [0.3, 0.4) is 0 Å². The summed E-state index contributed by atoms with van der Waals surface area (Å²) in [5.41, 5.74) is 5.88. The van der Waals surface area contributed by atoms with E-state index in [4.69, 9.17) is 5.73 Å². The minimum absolute atomic E-state index is 0.0879. The summed E-state index contributed by atoms with van der Waals surface area (Å²) in [6.07, 6.45) is 4.65. The largest absolute Gasteiger partial charge is 0.382 e. The SMILES string of the molecule is CCC(CC1CC1)NC(=O)c1sc(NCC(C)C)nc1N. The van der Waals surface area contributed by atoms with Crippen molar-refractivity contribution in [2.45, 2.75) is 52.5 Å². The van der Waals surface area contributed by atoms with Crippen LogP contribution in [0.1, 0.15) is 56.1 Å². The lowest BCUT2D eigenvalue weighted by Crippen LogP contribution is -2.34. The van der Waals surface area contributed by atoms with Crippen LogP contribution < -0.4 is 16.4 Å². The van der Waals surface area contributed by atoms with Crippen LogP contribution in [0.4, 0.5) is 10.9 Å². The average molecular weight is 310 g/mol. The summed E-state index contributed by atoms with van der Waals surface area (Å²) in [7, 11) is 0. The molecule has 1 aromatic heterocycles. The van der Waals surface area contributed by atoms with Gasteiger partial charge in [0.05, 0.1) is 0 Å². The van der Waals surface area contributed by atoms with E-state index in [0.717, 1.165) is 30.4 Å². The molecule has 1 unspecified atom stereocenters. The lowest BCUT2D eigenvalue weighted by atomic mass is 10.1. The molecular formula is C15H26N4OS. The lowest BCUT2D eigenvalue weighted by Gasteiger charge is -2.15. The van der Waals surface area contributed by atoms with Gasteiger partial charge in [-0.3, -0.25) is 4.79 Å². The summed E-state index contributed by atoms with van der Waals surface area (Å²) < 4.78 is 0. The summed E-state index contributed by atoms with van der Waals surface area (Å²) in [5.74, 6) is 1.56. The van der Waals surface area contributed by atoms with Crippen LogP contribution in [0.2, 0.25) is 0 Å². The van der Waals surface area contributed by atoms with Gasteiger partial charge in [0.1, 0.15) is 10.7 Å². The number of nitrogen functional groups attached to an aromatic ring is 1. The molecule has 0 aromatic carbocycles. The molecule has 1 atom stereocenters. The van der Waals surface area contributed by atoms with Gasteiger partial charge in [-0.15, -0.1) is 0 Å². The Labute approximate surface area is 130 Å². The highest BCUT2D eigenvalue weighted by Gasteiger charge is 2.26. The van der Waals surface area contributed by atoms with Gasteiger partial charge in [-0.25, -0.2) is 4.98 Å². The van der Waals surface area contributed by atoms with E-state index in [-0.39, 0.29) is 11.9 Å². The maximum absolute atomic E-state index is 12.3. The Morgan fingerprint density at radius 2 is 2.19 bits per heavy atom. The van der Waals surface area contributed by atoms with Crippen molar-refractivity contribution in [3.8, 4) is 0 Å². The van der Waals surface area contributed by atoms with Crippen molar-refractivity contribution >= 4 is 28.2 Å². The number of aromatic nitrogens is 1. The highest BCUT2D eigenvalue weighted by atomic mass is 32.1. The van der Waals surface area contributed by atoms with Gasteiger partial charge in [0.2, 0.25) is 0 Å². The van der Waals surface area contributed by atoms with Crippen LogP contribution in [0.15, 0.2) is 0 Å². The number of nitrogens with two attached hydrogens (primary N) is 1. The number of nitrogens with zero attached hydrogens (tertiary/aromatic N) is 1. The first-order chi connectivity index (χ1) is 9.99. The maximum atomic E-state index is 12.3. The van der Waals surface area contributed by atoms with Gasteiger partial charge in [-0.1, -0.05) is 44.9 Å². The number of nitrogens with one attached hydrogen (secondary N) is 2. The van der Waals surface area contributed by atoms with E-state index in [1.165, 1.54) is 24.2 Å². The topological polar surface area (TPSA) is 80.0 Å². The van der Waals surface area contributed by atoms with E-state index in [1.54, 1.807) is 0 Å². The Hall–Kier alpha value is -1.30. The number of rotatable bonds is 8. The molecule has 6 heteroatoms. The highest BCUT2D eigenvalue weighted by molar-refractivity contribution is 7.18. The monoisotopic (exact) mass is 310 g/mol. The summed E-state index contributed by atoms with van der Waals surface area (Å²) >= 11 is 1.34. The smallest absolute Gasteiger partial charge is 0.265 e. The molecule has 1 aromatic rings. The summed E-state index contributed by atoms with van der Waals surface area (Å²) in [5, 5.41) is 7.04. The van der Waals surface area contributed by atoms with Crippen molar-refractivity contribution in [1.29, 1.82) is 0 Å². The van der Waals surface area contributed by atoms with Gasteiger partial charge in [0.25, 0.3) is 5.91 Å². The van der Waals surface area contributed by atoms with Gasteiger partial charge in [-0.05, 0) is 24.7 Å². The summed E-state index contributed by atoms with van der Waals surface area (Å²) in [6, 6.07) is 0.249. The lowest BCUT2D eigenvalue weighted by molar-refractivity contribution is 0.0937. The van der Waals surface area contributed by atoms with Crippen molar-refractivity contribution in [2.75, 3.05) is 17.6 Å². The van der Waals surface area contributed by atoms with Crippen LogP contribution >= 0.6 is 11.3 Å². The van der Waals surface area contributed by atoms with Crippen LogP contribution in [0, 0.1) is 11.8 Å². The number of hydrogen-bond acceptors (Lipinski definition) is 5. The Bertz CT molecular complexity index is 482. The van der Waals surface area contributed by atoms with Gasteiger partial charge in [0, 0.05) is 12.6 Å². The zero-order chi connectivity index (χ0) is 15.4. The molecule has 21 heavy (non-hydrogen) atoms. The van der Waals surface area contributed by atoms with Crippen molar-refractivity contribution in [3.05, 3.63) is 4.88 Å². The quantitative estimate of drug-likeness (QED) is 0.689. The molecule has 0 radical (unpaired) electrons. The van der Waals surface area contributed by atoms with Crippen molar-refractivity contribution in [2.24, 2.45) is 11.8 Å². The van der Waals surface area contributed by atoms with E-state index in [0.29, 0.717) is 16.6 Å². The zero-order valence-electron chi connectivity index (χ0n) is 13.1. The molecule has 1 saturated carbocycles. The van der Waals surface area contributed by atoms with E-state index < -0.39 is 0 Å². The molecule has 1 aliphatic carbocycles. The Kier molecular flexibility index (Phi) is 5.45. The minimum Gasteiger partial charge on any atom is -0.382 e. The third kappa shape index (κ3) is 4.88. The Balaban J connectivity index is 1.94. The summed E-state index contributed by atoms with van der Waals surface area (Å²) in [4.78, 5) is 17.1. The number of carbonyl (C=O) groups excluding carboxylic acids is 1. The van der Waals surface area contributed by atoms with Crippen LogP contribution in [0.5, 0.6) is 0 Å². The van der Waals surface area contributed by atoms with Gasteiger partial charge in [-0.2, -0.15) is 0 Å². The molecule has 0 aliphatic heterocycles. The first-order valence-corrected chi connectivity index (χ1v) is 8.62. The van der Waals surface area contributed by atoms with Gasteiger partial charge >= 0.3 is 0 Å². The second-order valence-corrected chi connectivity index (χ2v) is 7.26. The zero-order valence-corrected chi connectivity index (χ0v) is 13.9. The number of hydrogen-bond donors (Lipinski definition) is 3. The number of thiazole rings is 1. The molecule has 2 rings (SSSR count). The molecule has 1 heterocycles. The van der Waals surface area contributed by atoms with Crippen LogP contribution in [-0.2, 0) is 0 Å². The van der Waals surface area contributed by atoms with Gasteiger partial charge < -0.3 is 16.4 Å². The van der Waals surface area contributed by atoms with E-state index >= 15 is 0 Å². The number of carbonyl (C=O) groups is 1. The maximum Gasteiger partial charge on any atom is 0.265 e. The van der Waals surface area contributed by atoms with Crippen molar-refractivity contribution < 1.29 is 4.79 Å². The molecule has 4 N–H and O–H groups in total. The second kappa shape index (κ2) is 7.11. The molecule has 0 spiro atoms. The Morgan fingerprint density at radius 3 is 2.76 bits per heavy atom. The fourth-order valence-corrected chi connectivity index (χ4v) is 2.99. The molecular weight excluding hydrogens is 284 g/mol. The number of anilines is 2. The molecule has 1 amide bonds. The van der Waals surface area contributed by atoms with E-state index in [9.17, 15) is 4.79 Å². The molecule has 1 aliphatic rings. The molecule has 0 saturated heterocycles. The highest BCUT2D eigenvalue weighted by Crippen LogP contribution is 2.34. The first-order valence-electron chi connectivity index (χ1n) is 7.80. The average Bonchev–Trinajstić information content (AvgIpc) is 3.16. The van der Waals surface area contributed by atoms with Gasteiger partial charge in [0.15, 0.2) is 5.13 Å². The summed E-state index contributed by atoms with van der Waals surface area (Å²) in [6.45, 7) is 7.19. The minimum atomic E-state index is -0.0879. The van der Waals surface area contributed by atoms with Crippen LogP contribution in [0.25, 0.3) is 0 Å². The van der Waals surface area contributed by atoms with Crippen molar-refractivity contribution in [1.82, 2.24) is 10.3 Å². The molecule has 0 bridgehead atoms. The van der Waals surface area contributed by atoms with E-state index in [1.807, 2.05) is 0 Å². The molecule has 118 valence electrons.